The first-order chi connectivity index (χ1) is 10.1. The first-order valence-electron chi connectivity index (χ1n) is 6.94. The molecule has 1 aliphatic heterocycles. The molecule has 1 atom stereocenters. The molecule has 3 rings (SSSR count). The molecule has 1 fully saturated rings. The highest BCUT2D eigenvalue weighted by Crippen LogP contribution is 2.31. The van der Waals surface area contributed by atoms with Crippen molar-refractivity contribution in [2.24, 2.45) is 0 Å². The summed E-state index contributed by atoms with van der Waals surface area (Å²) in [6, 6.07) is 4.75. The molecule has 2 aromatic rings. The molecule has 0 aliphatic carbocycles. The Morgan fingerprint density at radius 3 is 2.86 bits per heavy atom. The maximum absolute atomic E-state index is 12.6. The number of hydrogen-bond acceptors (Lipinski definition) is 4. The summed E-state index contributed by atoms with van der Waals surface area (Å²) >= 11 is 0. The Bertz CT molecular complexity index is 711. The molecule has 1 N–H and O–H groups in total. The van der Waals surface area contributed by atoms with Crippen LogP contribution >= 0.6 is 0 Å². The summed E-state index contributed by atoms with van der Waals surface area (Å²) in [5.41, 5.74) is 1.09. The zero-order valence-corrected chi connectivity index (χ0v) is 11.7. The van der Waals surface area contributed by atoms with Crippen molar-refractivity contribution in [1.29, 1.82) is 0 Å². The lowest BCUT2D eigenvalue weighted by atomic mass is 10.1. The SMILES string of the molecule is Cc1nc(C2CCCN2C(=O)c2ccncc2)cc(=O)[nH]1. The molecular formula is C15H16N4O2. The fourth-order valence-corrected chi connectivity index (χ4v) is 2.75. The largest absolute Gasteiger partial charge is 0.330 e. The summed E-state index contributed by atoms with van der Waals surface area (Å²) in [4.78, 5) is 36.9. The molecule has 0 aromatic carbocycles. The number of carbonyl (C=O) groups excluding carboxylic acids is 1. The highest BCUT2D eigenvalue weighted by atomic mass is 16.2. The van der Waals surface area contributed by atoms with E-state index in [4.69, 9.17) is 0 Å². The molecule has 0 spiro atoms. The Morgan fingerprint density at radius 2 is 2.14 bits per heavy atom. The van der Waals surface area contributed by atoms with Crippen LogP contribution in [-0.4, -0.2) is 32.3 Å². The average Bonchev–Trinajstić information content (AvgIpc) is 2.96. The lowest BCUT2D eigenvalue weighted by molar-refractivity contribution is 0.0732. The fraction of sp³-hybridized carbons (Fsp3) is 0.333. The first-order valence-corrected chi connectivity index (χ1v) is 6.94. The van der Waals surface area contributed by atoms with Crippen LogP contribution in [0.5, 0.6) is 0 Å². The third-order valence-corrected chi connectivity index (χ3v) is 3.66. The first kappa shape index (κ1) is 13.5. The van der Waals surface area contributed by atoms with Gasteiger partial charge in [-0.05, 0) is 31.9 Å². The monoisotopic (exact) mass is 284 g/mol. The molecule has 2 aromatic heterocycles. The van der Waals surface area contributed by atoms with E-state index in [9.17, 15) is 9.59 Å². The molecule has 1 saturated heterocycles. The molecule has 3 heterocycles. The minimum Gasteiger partial charge on any atom is -0.330 e. The Balaban J connectivity index is 1.92. The van der Waals surface area contributed by atoms with Crippen LogP contribution in [0.3, 0.4) is 0 Å². The van der Waals surface area contributed by atoms with E-state index < -0.39 is 0 Å². The van der Waals surface area contributed by atoms with Gasteiger partial charge in [0.1, 0.15) is 5.82 Å². The number of hydrogen-bond donors (Lipinski definition) is 1. The topological polar surface area (TPSA) is 79.0 Å². The van der Waals surface area contributed by atoms with Gasteiger partial charge in [-0.2, -0.15) is 0 Å². The zero-order valence-electron chi connectivity index (χ0n) is 11.7. The Labute approximate surface area is 121 Å². The second kappa shape index (κ2) is 5.47. The number of rotatable bonds is 2. The van der Waals surface area contributed by atoms with Gasteiger partial charge in [0.2, 0.25) is 0 Å². The van der Waals surface area contributed by atoms with Crippen molar-refractivity contribution in [1.82, 2.24) is 19.9 Å². The summed E-state index contributed by atoms with van der Waals surface area (Å²) in [5.74, 6) is 0.528. The van der Waals surface area contributed by atoms with Crippen molar-refractivity contribution in [2.45, 2.75) is 25.8 Å². The van der Waals surface area contributed by atoms with Crippen molar-refractivity contribution in [3.63, 3.8) is 0 Å². The van der Waals surface area contributed by atoms with Crippen LogP contribution in [0.25, 0.3) is 0 Å². The summed E-state index contributed by atoms with van der Waals surface area (Å²) in [6.07, 6.45) is 4.95. The Kier molecular flexibility index (Phi) is 3.51. The maximum atomic E-state index is 12.6. The molecular weight excluding hydrogens is 268 g/mol. The van der Waals surface area contributed by atoms with Gasteiger partial charge in [0.05, 0.1) is 11.7 Å². The van der Waals surface area contributed by atoms with Crippen LogP contribution < -0.4 is 5.56 Å². The van der Waals surface area contributed by atoms with Crippen molar-refractivity contribution >= 4 is 5.91 Å². The van der Waals surface area contributed by atoms with Crippen LogP contribution in [0.1, 0.15) is 40.8 Å². The number of aromatic nitrogens is 3. The fourth-order valence-electron chi connectivity index (χ4n) is 2.75. The standard InChI is InChI=1S/C15H16N4O2/c1-10-17-12(9-14(20)18-10)13-3-2-8-19(13)15(21)11-4-6-16-7-5-11/h4-7,9,13H,2-3,8H2,1H3,(H,17,18,20). The van der Waals surface area contributed by atoms with Crippen LogP contribution in [0, 0.1) is 6.92 Å². The molecule has 0 saturated carbocycles. The second-order valence-corrected chi connectivity index (χ2v) is 5.15. The van der Waals surface area contributed by atoms with Crippen molar-refractivity contribution < 1.29 is 4.79 Å². The van der Waals surface area contributed by atoms with Gasteiger partial charge in [0.15, 0.2) is 0 Å². The van der Waals surface area contributed by atoms with Crippen molar-refractivity contribution in [3.8, 4) is 0 Å². The minimum absolute atomic E-state index is 0.0420. The van der Waals surface area contributed by atoms with E-state index in [1.807, 2.05) is 0 Å². The van der Waals surface area contributed by atoms with Gasteiger partial charge in [0.25, 0.3) is 11.5 Å². The van der Waals surface area contributed by atoms with Crippen LogP contribution in [0.4, 0.5) is 0 Å². The van der Waals surface area contributed by atoms with E-state index in [2.05, 4.69) is 15.0 Å². The third kappa shape index (κ3) is 2.69. The van der Waals surface area contributed by atoms with Crippen LogP contribution in [-0.2, 0) is 0 Å². The molecule has 108 valence electrons. The van der Waals surface area contributed by atoms with E-state index in [0.717, 1.165) is 12.8 Å². The normalized spacial score (nSPS) is 18.0. The van der Waals surface area contributed by atoms with E-state index in [1.165, 1.54) is 6.07 Å². The molecule has 1 amide bonds. The van der Waals surface area contributed by atoms with Gasteiger partial charge in [-0.15, -0.1) is 0 Å². The third-order valence-electron chi connectivity index (χ3n) is 3.66. The van der Waals surface area contributed by atoms with Gasteiger partial charge in [-0.25, -0.2) is 4.98 Å². The van der Waals surface area contributed by atoms with E-state index in [0.29, 0.717) is 23.6 Å². The van der Waals surface area contributed by atoms with E-state index in [-0.39, 0.29) is 17.5 Å². The number of nitrogens with zero attached hydrogens (tertiary/aromatic N) is 3. The molecule has 1 unspecified atom stereocenters. The van der Waals surface area contributed by atoms with E-state index >= 15 is 0 Å². The Hall–Kier alpha value is -2.50. The molecule has 6 heteroatoms. The minimum atomic E-state index is -0.180. The predicted molar refractivity (Wildman–Crippen MR) is 76.8 cm³/mol. The summed E-state index contributed by atoms with van der Waals surface area (Å²) in [7, 11) is 0. The molecule has 1 aliphatic rings. The predicted octanol–water partition coefficient (Wildman–Crippen LogP) is 1.45. The summed E-state index contributed by atoms with van der Waals surface area (Å²) < 4.78 is 0. The van der Waals surface area contributed by atoms with Gasteiger partial charge in [-0.3, -0.25) is 14.6 Å². The summed E-state index contributed by atoms with van der Waals surface area (Å²) in [5, 5.41) is 0. The number of aryl methyl sites for hydroxylation is 1. The van der Waals surface area contributed by atoms with Crippen molar-refractivity contribution in [2.75, 3.05) is 6.54 Å². The van der Waals surface area contributed by atoms with Crippen LogP contribution in [0.15, 0.2) is 35.4 Å². The van der Waals surface area contributed by atoms with Crippen molar-refractivity contribution in [3.05, 3.63) is 58.0 Å². The smallest absolute Gasteiger partial charge is 0.254 e. The van der Waals surface area contributed by atoms with Crippen LogP contribution in [0.2, 0.25) is 0 Å². The van der Waals surface area contributed by atoms with E-state index in [1.54, 1.807) is 36.4 Å². The number of pyridine rings is 1. The van der Waals surface area contributed by atoms with Gasteiger partial charge >= 0.3 is 0 Å². The molecule has 0 bridgehead atoms. The lowest BCUT2D eigenvalue weighted by Gasteiger charge is -2.24. The zero-order chi connectivity index (χ0) is 14.8. The highest BCUT2D eigenvalue weighted by Gasteiger charge is 2.31. The number of amides is 1. The number of aromatic amines is 1. The Morgan fingerprint density at radius 1 is 1.38 bits per heavy atom. The number of carbonyl (C=O) groups is 1. The number of likely N-dealkylation sites (tertiary alicyclic amines) is 1. The average molecular weight is 284 g/mol. The quantitative estimate of drug-likeness (QED) is 0.905. The number of H-pyrrole nitrogens is 1. The molecule has 0 radical (unpaired) electrons. The highest BCUT2D eigenvalue weighted by molar-refractivity contribution is 5.94. The second-order valence-electron chi connectivity index (χ2n) is 5.15. The summed E-state index contributed by atoms with van der Waals surface area (Å²) in [6.45, 7) is 2.42. The molecule has 21 heavy (non-hydrogen) atoms. The van der Waals surface area contributed by atoms with Gasteiger partial charge in [-0.1, -0.05) is 0 Å². The number of nitrogens with one attached hydrogen (secondary N) is 1. The van der Waals surface area contributed by atoms with Gasteiger partial charge in [0, 0.05) is 30.6 Å². The lowest BCUT2D eigenvalue weighted by Crippen LogP contribution is -2.31. The maximum Gasteiger partial charge on any atom is 0.254 e. The van der Waals surface area contributed by atoms with Gasteiger partial charge < -0.3 is 9.88 Å². The molecule has 6 nitrogen and oxygen atoms in total.